The molecule has 1 aromatic rings. The maximum atomic E-state index is 11.7. The molecule has 0 bridgehead atoms. The summed E-state index contributed by atoms with van der Waals surface area (Å²) in [4.78, 5) is 0. The fourth-order valence-electron chi connectivity index (χ4n) is 0.438. The lowest BCUT2D eigenvalue weighted by Crippen LogP contribution is -1.74. The van der Waals surface area contributed by atoms with Crippen molar-refractivity contribution in [2.24, 2.45) is 0 Å². The lowest BCUT2D eigenvalue weighted by molar-refractivity contribution is 0.152. The molecule has 0 spiro atoms. The summed E-state index contributed by atoms with van der Waals surface area (Å²) in [5.74, 6) is 0. The second kappa shape index (κ2) is 2.62. The second-order valence-corrected chi connectivity index (χ2v) is 3.03. The fraction of sp³-hybridized carbons (Fsp3) is 0.200. The van der Waals surface area contributed by atoms with Crippen molar-refractivity contribution < 1.29 is 8.78 Å². The Morgan fingerprint density at radius 1 is 1.56 bits per heavy atom. The van der Waals surface area contributed by atoms with Crippen LogP contribution in [-0.2, 0) is 0 Å². The van der Waals surface area contributed by atoms with Gasteiger partial charge in [0.2, 0.25) is 0 Å². The van der Waals surface area contributed by atoms with Crippen LogP contribution in [0.5, 0.6) is 0 Å². The Bertz CT molecular complexity index is 197. The first-order valence-corrected chi connectivity index (χ1v) is 3.48. The average Bonchev–Trinajstić information content (AvgIpc) is 2.14. The Morgan fingerprint density at radius 2 is 2.22 bits per heavy atom. The summed E-state index contributed by atoms with van der Waals surface area (Å²) < 4.78 is 23.9. The van der Waals surface area contributed by atoms with Gasteiger partial charge in [0.05, 0.1) is 4.34 Å². The maximum Gasteiger partial charge on any atom is 0.264 e. The lowest BCUT2D eigenvalue weighted by Gasteiger charge is -1.87. The summed E-state index contributed by atoms with van der Waals surface area (Å²) in [5, 5.41) is 1.35. The van der Waals surface area contributed by atoms with Crippen LogP contribution in [0.2, 0.25) is 4.34 Å². The lowest BCUT2D eigenvalue weighted by atomic mass is 10.4. The molecule has 0 radical (unpaired) electrons. The Hall–Kier alpha value is -0.150. The third-order valence-corrected chi connectivity index (χ3v) is 1.95. The molecule has 0 aliphatic heterocycles. The van der Waals surface area contributed by atoms with Gasteiger partial charge in [0.15, 0.2) is 0 Å². The van der Waals surface area contributed by atoms with Crippen molar-refractivity contribution in [2.45, 2.75) is 6.43 Å². The van der Waals surface area contributed by atoms with Crippen molar-refractivity contribution in [2.75, 3.05) is 0 Å². The molecule has 0 saturated carbocycles. The van der Waals surface area contributed by atoms with Gasteiger partial charge in [0.1, 0.15) is 0 Å². The first-order chi connectivity index (χ1) is 4.20. The molecule has 4 heteroatoms. The monoisotopic (exact) mass is 168 g/mol. The van der Waals surface area contributed by atoms with Gasteiger partial charge in [-0.2, -0.15) is 0 Å². The van der Waals surface area contributed by atoms with E-state index in [-0.39, 0.29) is 5.56 Å². The zero-order chi connectivity index (χ0) is 6.85. The smallest absolute Gasteiger partial charge is 0.205 e. The Balaban J connectivity index is 2.85. The highest BCUT2D eigenvalue weighted by atomic mass is 35.5. The van der Waals surface area contributed by atoms with Crippen LogP contribution in [0.25, 0.3) is 0 Å². The molecule has 0 aromatic carbocycles. The molecule has 1 heterocycles. The second-order valence-electron chi connectivity index (χ2n) is 1.48. The average molecular weight is 169 g/mol. The zero-order valence-corrected chi connectivity index (χ0v) is 5.85. The number of rotatable bonds is 1. The van der Waals surface area contributed by atoms with E-state index in [1.807, 2.05) is 0 Å². The highest BCUT2D eigenvalue weighted by molar-refractivity contribution is 7.14. The van der Waals surface area contributed by atoms with Crippen LogP contribution in [0.1, 0.15) is 12.0 Å². The van der Waals surface area contributed by atoms with E-state index < -0.39 is 6.43 Å². The van der Waals surface area contributed by atoms with Crippen LogP contribution in [-0.4, -0.2) is 0 Å². The predicted octanol–water partition coefficient (Wildman–Crippen LogP) is 3.34. The minimum Gasteiger partial charge on any atom is -0.205 e. The minimum absolute atomic E-state index is 0.00463. The van der Waals surface area contributed by atoms with Crippen molar-refractivity contribution in [1.29, 1.82) is 0 Å². The van der Waals surface area contributed by atoms with Crippen LogP contribution >= 0.6 is 22.9 Å². The van der Waals surface area contributed by atoms with Crippen molar-refractivity contribution in [1.82, 2.24) is 0 Å². The number of hydrogen-bond donors (Lipinski definition) is 0. The largest absolute Gasteiger partial charge is 0.264 e. The van der Waals surface area contributed by atoms with Crippen LogP contribution < -0.4 is 0 Å². The summed E-state index contributed by atoms with van der Waals surface area (Å²) >= 11 is 6.51. The molecule has 1 rings (SSSR count). The van der Waals surface area contributed by atoms with E-state index in [0.29, 0.717) is 4.34 Å². The maximum absolute atomic E-state index is 11.7. The standard InChI is InChI=1S/C5H3ClF2S/c6-4-1-3(2-9-4)5(7)8/h1-2,5H. The summed E-state index contributed by atoms with van der Waals surface area (Å²) in [7, 11) is 0. The van der Waals surface area contributed by atoms with Gasteiger partial charge in [0, 0.05) is 10.9 Å². The van der Waals surface area contributed by atoms with E-state index in [9.17, 15) is 8.78 Å². The molecule has 0 atom stereocenters. The quantitative estimate of drug-likeness (QED) is 0.604. The minimum atomic E-state index is -2.39. The molecule has 0 amide bonds. The summed E-state index contributed by atoms with van der Waals surface area (Å²) in [5.41, 5.74) is 0.00463. The molecule has 0 aliphatic carbocycles. The summed E-state index contributed by atoms with van der Waals surface area (Å²) in [6.07, 6.45) is -2.39. The number of hydrogen-bond acceptors (Lipinski definition) is 1. The van der Waals surface area contributed by atoms with Gasteiger partial charge < -0.3 is 0 Å². The normalized spacial score (nSPS) is 10.7. The SMILES string of the molecule is FC(F)c1csc(Cl)c1. The van der Waals surface area contributed by atoms with Crippen molar-refractivity contribution in [3.63, 3.8) is 0 Å². The molecular formula is C5H3ClF2S. The predicted molar refractivity (Wildman–Crippen MR) is 34.3 cm³/mol. The summed E-state index contributed by atoms with van der Waals surface area (Å²) in [6, 6.07) is 1.27. The van der Waals surface area contributed by atoms with Gasteiger partial charge in [-0.15, -0.1) is 11.3 Å². The molecule has 0 unspecified atom stereocenters. The third-order valence-electron chi connectivity index (χ3n) is 0.840. The molecule has 0 nitrogen and oxygen atoms in total. The van der Waals surface area contributed by atoms with Gasteiger partial charge in [-0.05, 0) is 6.07 Å². The Labute approximate surface area is 60.1 Å². The van der Waals surface area contributed by atoms with Crippen LogP contribution in [0.15, 0.2) is 11.4 Å². The van der Waals surface area contributed by atoms with Crippen molar-refractivity contribution in [3.05, 3.63) is 21.3 Å². The van der Waals surface area contributed by atoms with Crippen molar-refractivity contribution in [3.8, 4) is 0 Å². The van der Waals surface area contributed by atoms with Gasteiger partial charge in [-0.25, -0.2) is 8.78 Å². The van der Waals surface area contributed by atoms with Gasteiger partial charge in [-0.1, -0.05) is 11.6 Å². The highest BCUT2D eigenvalue weighted by Crippen LogP contribution is 2.27. The Morgan fingerprint density at radius 3 is 2.44 bits per heavy atom. The number of alkyl halides is 2. The third kappa shape index (κ3) is 1.63. The number of halogens is 3. The summed E-state index contributed by atoms with van der Waals surface area (Å²) in [6.45, 7) is 0. The molecule has 0 aliphatic rings. The topological polar surface area (TPSA) is 0 Å². The molecule has 9 heavy (non-hydrogen) atoms. The molecule has 0 N–H and O–H groups in total. The van der Waals surface area contributed by atoms with Crippen LogP contribution in [0.4, 0.5) is 8.78 Å². The first kappa shape index (κ1) is 6.96. The Kier molecular flexibility index (Phi) is 2.03. The van der Waals surface area contributed by atoms with E-state index in [1.165, 1.54) is 11.4 Å². The number of thiophene rings is 1. The molecule has 50 valence electrons. The van der Waals surface area contributed by atoms with Crippen molar-refractivity contribution >= 4 is 22.9 Å². The molecular weight excluding hydrogens is 166 g/mol. The van der Waals surface area contributed by atoms with Crippen LogP contribution in [0.3, 0.4) is 0 Å². The van der Waals surface area contributed by atoms with E-state index in [2.05, 4.69) is 0 Å². The van der Waals surface area contributed by atoms with Gasteiger partial charge >= 0.3 is 0 Å². The fourth-order valence-corrected chi connectivity index (χ4v) is 1.32. The molecule has 0 fully saturated rings. The molecule has 0 saturated heterocycles. The van der Waals surface area contributed by atoms with E-state index in [1.54, 1.807) is 0 Å². The first-order valence-electron chi connectivity index (χ1n) is 2.22. The van der Waals surface area contributed by atoms with E-state index in [0.717, 1.165) is 11.3 Å². The van der Waals surface area contributed by atoms with Gasteiger partial charge in [-0.3, -0.25) is 0 Å². The molecule has 1 aromatic heterocycles. The zero-order valence-electron chi connectivity index (χ0n) is 4.27. The van der Waals surface area contributed by atoms with E-state index >= 15 is 0 Å². The highest BCUT2D eigenvalue weighted by Gasteiger charge is 2.07. The van der Waals surface area contributed by atoms with Gasteiger partial charge in [0.25, 0.3) is 6.43 Å². The van der Waals surface area contributed by atoms with Crippen LogP contribution in [0, 0.1) is 0 Å². The van der Waals surface area contributed by atoms with E-state index in [4.69, 9.17) is 11.6 Å².